The van der Waals surface area contributed by atoms with E-state index in [1.165, 1.54) is 57.8 Å². The van der Waals surface area contributed by atoms with Gasteiger partial charge in [0.05, 0.1) is 0 Å². The lowest BCUT2D eigenvalue weighted by Gasteiger charge is -2.11. The van der Waals surface area contributed by atoms with Gasteiger partial charge in [0.1, 0.15) is 6.04 Å². The second-order valence-electron chi connectivity index (χ2n) is 6.72. The third-order valence-corrected chi connectivity index (χ3v) is 4.43. The second kappa shape index (κ2) is 14.0. The van der Waals surface area contributed by atoms with Gasteiger partial charge in [-0.3, -0.25) is 4.79 Å². The smallest absolute Gasteiger partial charge is 0.238 e. The Morgan fingerprint density at radius 2 is 1.46 bits per heavy atom. The topological polar surface area (TPSA) is 52.9 Å². The van der Waals surface area contributed by atoms with Crippen LogP contribution in [0, 0.1) is 0 Å². The molecule has 0 saturated carbocycles. The van der Waals surface area contributed by atoms with Crippen molar-refractivity contribution < 1.29 is 4.79 Å². The third-order valence-electron chi connectivity index (χ3n) is 4.43. The molecule has 0 saturated heterocycles. The third kappa shape index (κ3) is 10.4. The lowest BCUT2D eigenvalue weighted by molar-refractivity contribution is -0.122. The van der Waals surface area contributed by atoms with Crippen LogP contribution in [0.15, 0.2) is 30.3 Å². The maximum atomic E-state index is 11.9. The number of carbonyl (C=O) groups excluding carboxylic acids is 1. The number of benzene rings is 1. The van der Waals surface area contributed by atoms with Crippen molar-refractivity contribution in [1.29, 1.82) is 0 Å². The van der Waals surface area contributed by atoms with Crippen molar-refractivity contribution in [1.82, 2.24) is 11.1 Å². The standard InChI is InChI=1S/C21H35N2O/c1-2-3-4-5-6-7-8-9-10-14-17-23-21(24)20(22)18-19-15-12-11-13-16-19/h11-13,15-16,20,22H,2-10,14,17-18H2,1H3,(H,23,24). The molecule has 0 aliphatic rings. The van der Waals surface area contributed by atoms with Crippen LogP contribution in [0.25, 0.3) is 0 Å². The molecular formula is C21H35N2O. The first kappa shape index (κ1) is 20.7. The summed E-state index contributed by atoms with van der Waals surface area (Å²) in [5, 5.41) is 2.90. The van der Waals surface area contributed by atoms with Crippen LogP contribution < -0.4 is 11.1 Å². The van der Waals surface area contributed by atoms with Gasteiger partial charge >= 0.3 is 0 Å². The Morgan fingerprint density at radius 1 is 0.917 bits per heavy atom. The molecule has 1 atom stereocenters. The number of rotatable bonds is 14. The molecule has 1 aromatic carbocycles. The highest BCUT2D eigenvalue weighted by Gasteiger charge is 2.13. The van der Waals surface area contributed by atoms with E-state index in [1.54, 1.807) is 0 Å². The minimum Gasteiger partial charge on any atom is -0.355 e. The predicted molar refractivity (Wildman–Crippen MR) is 102 cm³/mol. The number of amides is 1. The number of hydrogen-bond donors (Lipinski definition) is 1. The highest BCUT2D eigenvalue weighted by molar-refractivity contribution is 5.81. The van der Waals surface area contributed by atoms with Crippen LogP contribution in [-0.4, -0.2) is 18.5 Å². The molecule has 0 aliphatic heterocycles. The lowest BCUT2D eigenvalue weighted by atomic mass is 10.1. The van der Waals surface area contributed by atoms with E-state index in [1.807, 2.05) is 30.3 Å². The van der Waals surface area contributed by atoms with Gasteiger partial charge in [-0.1, -0.05) is 95.0 Å². The summed E-state index contributed by atoms with van der Waals surface area (Å²) in [6.07, 6.45) is 13.5. The molecule has 1 rings (SSSR count). The Morgan fingerprint density at radius 3 is 2.04 bits per heavy atom. The van der Waals surface area contributed by atoms with Crippen LogP contribution in [0.4, 0.5) is 0 Å². The molecule has 1 unspecified atom stereocenters. The van der Waals surface area contributed by atoms with Gasteiger partial charge in [-0.15, -0.1) is 0 Å². The number of hydrogen-bond acceptors (Lipinski definition) is 1. The second-order valence-corrected chi connectivity index (χ2v) is 6.72. The summed E-state index contributed by atoms with van der Waals surface area (Å²) in [6, 6.07) is 9.09. The summed E-state index contributed by atoms with van der Waals surface area (Å²) in [5.74, 6) is -0.144. The summed E-state index contributed by atoms with van der Waals surface area (Å²) in [5.41, 5.74) is 8.99. The molecule has 0 fully saturated rings. The Hall–Kier alpha value is -1.35. The normalized spacial score (nSPS) is 12.1. The average Bonchev–Trinajstić information content (AvgIpc) is 2.60. The molecule has 0 heterocycles. The fourth-order valence-corrected chi connectivity index (χ4v) is 2.89. The quantitative estimate of drug-likeness (QED) is 0.483. The molecule has 0 aliphatic carbocycles. The van der Waals surface area contributed by atoms with Crippen molar-refractivity contribution in [3.8, 4) is 0 Å². The summed E-state index contributed by atoms with van der Waals surface area (Å²) in [6.45, 7) is 2.96. The molecule has 3 heteroatoms. The Bertz CT molecular complexity index is 419. The van der Waals surface area contributed by atoms with Crippen LogP contribution in [0.2, 0.25) is 0 Å². The van der Waals surface area contributed by atoms with Crippen LogP contribution in [0.5, 0.6) is 0 Å². The van der Waals surface area contributed by atoms with E-state index in [2.05, 4.69) is 12.2 Å². The first-order valence-corrected chi connectivity index (χ1v) is 9.76. The maximum Gasteiger partial charge on any atom is 0.238 e. The molecule has 1 amide bonds. The molecule has 3 nitrogen and oxygen atoms in total. The van der Waals surface area contributed by atoms with Crippen molar-refractivity contribution in [3.05, 3.63) is 35.9 Å². The van der Waals surface area contributed by atoms with Gasteiger partial charge in [-0.2, -0.15) is 0 Å². The van der Waals surface area contributed by atoms with E-state index in [-0.39, 0.29) is 5.91 Å². The SMILES string of the molecule is CCCCCCCCCCCCNC(=O)C([NH])Cc1ccccc1. The zero-order valence-electron chi connectivity index (χ0n) is 15.4. The molecule has 1 radical (unpaired) electrons. The Balaban J connectivity index is 1.94. The van der Waals surface area contributed by atoms with E-state index in [0.29, 0.717) is 13.0 Å². The van der Waals surface area contributed by atoms with Gasteiger partial charge in [0.2, 0.25) is 5.91 Å². The fourth-order valence-electron chi connectivity index (χ4n) is 2.89. The highest BCUT2D eigenvalue weighted by atomic mass is 16.2. The van der Waals surface area contributed by atoms with Gasteiger partial charge < -0.3 is 5.32 Å². The fraction of sp³-hybridized carbons (Fsp3) is 0.667. The van der Waals surface area contributed by atoms with Crippen molar-refractivity contribution in [2.45, 2.75) is 83.6 Å². The van der Waals surface area contributed by atoms with E-state index < -0.39 is 6.04 Å². The predicted octanol–water partition coefficient (Wildman–Crippen LogP) is 4.92. The molecule has 2 N–H and O–H groups in total. The molecule has 0 spiro atoms. The number of unbranched alkanes of at least 4 members (excludes halogenated alkanes) is 9. The largest absolute Gasteiger partial charge is 0.355 e. The number of carbonyl (C=O) groups is 1. The van der Waals surface area contributed by atoms with Crippen molar-refractivity contribution >= 4 is 5.91 Å². The van der Waals surface area contributed by atoms with E-state index in [4.69, 9.17) is 5.73 Å². The highest BCUT2D eigenvalue weighted by Crippen LogP contribution is 2.10. The summed E-state index contributed by atoms with van der Waals surface area (Å²) in [4.78, 5) is 11.9. The summed E-state index contributed by atoms with van der Waals surface area (Å²) >= 11 is 0. The van der Waals surface area contributed by atoms with Crippen LogP contribution >= 0.6 is 0 Å². The van der Waals surface area contributed by atoms with Gasteiger partial charge in [-0.25, -0.2) is 5.73 Å². The van der Waals surface area contributed by atoms with Crippen molar-refractivity contribution in [2.24, 2.45) is 0 Å². The minimum atomic E-state index is -0.699. The maximum absolute atomic E-state index is 11.9. The molecule has 0 aromatic heterocycles. The lowest BCUT2D eigenvalue weighted by Crippen LogP contribution is -2.37. The minimum absolute atomic E-state index is 0.144. The molecule has 0 bridgehead atoms. The molecular weight excluding hydrogens is 296 g/mol. The molecule has 24 heavy (non-hydrogen) atoms. The summed E-state index contributed by atoms with van der Waals surface area (Å²) < 4.78 is 0. The average molecular weight is 332 g/mol. The van der Waals surface area contributed by atoms with Gasteiger partial charge in [0, 0.05) is 6.54 Å². The van der Waals surface area contributed by atoms with Crippen molar-refractivity contribution in [2.75, 3.05) is 6.54 Å². The van der Waals surface area contributed by atoms with E-state index in [0.717, 1.165) is 12.0 Å². The first-order chi connectivity index (χ1) is 11.7. The van der Waals surface area contributed by atoms with Crippen LogP contribution in [0.3, 0.4) is 0 Å². The Labute approximate surface area is 148 Å². The molecule has 1 aromatic rings. The Kier molecular flexibility index (Phi) is 12.1. The zero-order valence-corrected chi connectivity index (χ0v) is 15.4. The van der Waals surface area contributed by atoms with Gasteiger partial charge in [0.15, 0.2) is 0 Å². The van der Waals surface area contributed by atoms with E-state index >= 15 is 0 Å². The van der Waals surface area contributed by atoms with Gasteiger partial charge in [0.25, 0.3) is 0 Å². The molecule has 135 valence electrons. The van der Waals surface area contributed by atoms with Crippen LogP contribution in [0.1, 0.15) is 76.7 Å². The zero-order chi connectivity index (χ0) is 17.5. The van der Waals surface area contributed by atoms with Crippen molar-refractivity contribution in [3.63, 3.8) is 0 Å². The summed E-state index contributed by atoms with van der Waals surface area (Å²) in [7, 11) is 0. The van der Waals surface area contributed by atoms with Gasteiger partial charge in [-0.05, 0) is 18.4 Å². The number of nitrogens with one attached hydrogen (secondary N) is 2. The van der Waals surface area contributed by atoms with Crippen LogP contribution in [-0.2, 0) is 11.2 Å². The monoisotopic (exact) mass is 331 g/mol. The first-order valence-electron chi connectivity index (χ1n) is 9.76. The van der Waals surface area contributed by atoms with E-state index in [9.17, 15) is 4.79 Å².